The van der Waals surface area contributed by atoms with Gasteiger partial charge in [-0.3, -0.25) is 30.1 Å². The van der Waals surface area contributed by atoms with Gasteiger partial charge < -0.3 is 4.74 Å². The van der Waals surface area contributed by atoms with Gasteiger partial charge in [-0.25, -0.2) is 0 Å². The standard InChI is InChI=1S/C19H18ClN3O4/c1-12-19(26)23(15-4-2-3-5-16(15)27-12)11-18(25)22-21-17(24)10-13-6-8-14(20)9-7-13/h2-9,12H,10-11H2,1H3,(H,21,24)(H,22,25). The normalized spacial score (nSPS) is 15.6. The van der Waals surface area contributed by atoms with Crippen LogP contribution in [0.3, 0.4) is 0 Å². The van der Waals surface area contributed by atoms with Gasteiger partial charge in [-0.05, 0) is 36.8 Å². The summed E-state index contributed by atoms with van der Waals surface area (Å²) in [6.07, 6.45) is -0.597. The first-order valence-corrected chi connectivity index (χ1v) is 8.71. The third-order valence-corrected chi connectivity index (χ3v) is 4.25. The number of nitrogens with one attached hydrogen (secondary N) is 2. The maximum absolute atomic E-state index is 12.4. The molecule has 140 valence electrons. The maximum atomic E-state index is 12.4. The highest BCUT2D eigenvalue weighted by Gasteiger charge is 2.32. The average Bonchev–Trinajstić information content (AvgIpc) is 2.65. The lowest BCUT2D eigenvalue weighted by molar-refractivity contribution is -0.130. The minimum absolute atomic E-state index is 0.0911. The number of halogens is 1. The molecular formula is C19H18ClN3O4. The Balaban J connectivity index is 1.56. The summed E-state index contributed by atoms with van der Waals surface area (Å²) in [6, 6.07) is 13.8. The summed E-state index contributed by atoms with van der Waals surface area (Å²) in [4.78, 5) is 37.8. The smallest absolute Gasteiger partial charge is 0.268 e. The van der Waals surface area contributed by atoms with Crippen molar-refractivity contribution in [3.63, 3.8) is 0 Å². The van der Waals surface area contributed by atoms with E-state index in [1.165, 1.54) is 4.90 Å². The Morgan fingerprint density at radius 1 is 1.07 bits per heavy atom. The zero-order valence-corrected chi connectivity index (χ0v) is 15.3. The fourth-order valence-corrected chi connectivity index (χ4v) is 2.80. The molecule has 0 spiro atoms. The summed E-state index contributed by atoms with van der Waals surface area (Å²) in [5.41, 5.74) is 5.95. The number of rotatable bonds is 4. The summed E-state index contributed by atoms with van der Waals surface area (Å²) >= 11 is 5.80. The number of hydrogen-bond acceptors (Lipinski definition) is 4. The number of amides is 3. The molecule has 2 N–H and O–H groups in total. The largest absolute Gasteiger partial charge is 0.479 e. The van der Waals surface area contributed by atoms with Gasteiger partial charge in [-0.15, -0.1) is 0 Å². The van der Waals surface area contributed by atoms with Crippen molar-refractivity contribution in [2.75, 3.05) is 11.4 Å². The minimum Gasteiger partial charge on any atom is -0.479 e. The predicted molar refractivity (Wildman–Crippen MR) is 100 cm³/mol. The van der Waals surface area contributed by atoms with E-state index in [-0.39, 0.29) is 24.8 Å². The van der Waals surface area contributed by atoms with Crippen LogP contribution in [0.5, 0.6) is 5.75 Å². The van der Waals surface area contributed by atoms with Gasteiger partial charge in [0.1, 0.15) is 12.3 Å². The number of anilines is 1. The maximum Gasteiger partial charge on any atom is 0.268 e. The molecule has 2 aromatic rings. The fraction of sp³-hybridized carbons (Fsp3) is 0.211. The SMILES string of the molecule is CC1Oc2ccccc2N(CC(=O)NNC(=O)Cc2ccc(Cl)cc2)C1=O. The lowest BCUT2D eigenvalue weighted by Gasteiger charge is -2.32. The Hall–Kier alpha value is -3.06. The molecule has 1 unspecified atom stereocenters. The molecule has 1 heterocycles. The molecule has 3 rings (SSSR count). The van der Waals surface area contributed by atoms with Gasteiger partial charge >= 0.3 is 0 Å². The first kappa shape index (κ1) is 18.7. The van der Waals surface area contributed by atoms with Crippen LogP contribution in [0.25, 0.3) is 0 Å². The summed E-state index contributed by atoms with van der Waals surface area (Å²) in [5, 5.41) is 0.581. The van der Waals surface area contributed by atoms with Crippen molar-refractivity contribution in [1.29, 1.82) is 0 Å². The minimum atomic E-state index is -0.688. The summed E-state index contributed by atoms with van der Waals surface area (Å²) < 4.78 is 5.53. The topological polar surface area (TPSA) is 87.7 Å². The number of carbonyl (C=O) groups is 3. The van der Waals surface area contributed by atoms with Crippen molar-refractivity contribution in [2.24, 2.45) is 0 Å². The van der Waals surface area contributed by atoms with Gasteiger partial charge in [0, 0.05) is 5.02 Å². The second-order valence-corrected chi connectivity index (χ2v) is 6.49. The Labute approximate surface area is 161 Å². The van der Waals surface area contributed by atoms with E-state index in [0.717, 1.165) is 5.56 Å². The molecule has 8 heteroatoms. The van der Waals surface area contributed by atoms with Crippen LogP contribution in [0.2, 0.25) is 5.02 Å². The number of carbonyl (C=O) groups excluding carboxylic acids is 3. The van der Waals surface area contributed by atoms with E-state index >= 15 is 0 Å². The van der Waals surface area contributed by atoms with Gasteiger partial charge in [0.05, 0.1) is 12.1 Å². The van der Waals surface area contributed by atoms with E-state index in [1.54, 1.807) is 55.5 Å². The molecular weight excluding hydrogens is 370 g/mol. The second kappa shape index (κ2) is 8.09. The number of hydrazine groups is 1. The van der Waals surface area contributed by atoms with Crippen molar-refractivity contribution in [3.8, 4) is 5.75 Å². The zero-order chi connectivity index (χ0) is 19.4. The van der Waals surface area contributed by atoms with Crippen LogP contribution in [0.4, 0.5) is 5.69 Å². The molecule has 1 aliphatic rings. The van der Waals surface area contributed by atoms with Crippen molar-refractivity contribution >= 4 is 35.0 Å². The lowest BCUT2D eigenvalue weighted by Crippen LogP contribution is -2.51. The molecule has 0 aromatic heterocycles. The first-order valence-electron chi connectivity index (χ1n) is 8.33. The predicted octanol–water partition coefficient (Wildman–Crippen LogP) is 1.84. The zero-order valence-electron chi connectivity index (χ0n) is 14.6. The Morgan fingerprint density at radius 2 is 1.74 bits per heavy atom. The highest BCUT2D eigenvalue weighted by molar-refractivity contribution is 6.30. The molecule has 0 fully saturated rings. The van der Waals surface area contributed by atoms with Gasteiger partial charge in [-0.1, -0.05) is 35.9 Å². The molecule has 1 atom stereocenters. The average molecular weight is 388 g/mol. The number of para-hydroxylation sites is 2. The van der Waals surface area contributed by atoms with E-state index < -0.39 is 12.0 Å². The van der Waals surface area contributed by atoms with Crippen molar-refractivity contribution in [2.45, 2.75) is 19.4 Å². The van der Waals surface area contributed by atoms with Crippen LogP contribution in [0.1, 0.15) is 12.5 Å². The van der Waals surface area contributed by atoms with E-state index in [0.29, 0.717) is 16.5 Å². The van der Waals surface area contributed by atoms with Crippen LogP contribution < -0.4 is 20.5 Å². The summed E-state index contributed by atoms with van der Waals surface area (Å²) in [5.74, 6) is -0.690. The van der Waals surface area contributed by atoms with Crippen molar-refractivity contribution in [3.05, 3.63) is 59.1 Å². The molecule has 7 nitrogen and oxygen atoms in total. The van der Waals surface area contributed by atoms with Crippen LogP contribution in [0.15, 0.2) is 48.5 Å². The van der Waals surface area contributed by atoms with Crippen molar-refractivity contribution in [1.82, 2.24) is 10.9 Å². The number of ether oxygens (including phenoxy) is 1. The Morgan fingerprint density at radius 3 is 2.48 bits per heavy atom. The van der Waals surface area contributed by atoms with Gasteiger partial charge in [0.25, 0.3) is 11.8 Å². The van der Waals surface area contributed by atoms with Gasteiger partial charge in [-0.2, -0.15) is 0 Å². The van der Waals surface area contributed by atoms with Crippen molar-refractivity contribution < 1.29 is 19.1 Å². The molecule has 0 aliphatic carbocycles. The molecule has 0 radical (unpaired) electrons. The molecule has 0 bridgehead atoms. The summed E-state index contributed by atoms with van der Waals surface area (Å²) in [6.45, 7) is 1.39. The van der Waals surface area contributed by atoms with E-state index in [2.05, 4.69) is 10.9 Å². The lowest BCUT2D eigenvalue weighted by atomic mass is 10.1. The number of hydrogen-bond donors (Lipinski definition) is 2. The van der Waals surface area contributed by atoms with Gasteiger partial charge in [0.15, 0.2) is 6.10 Å². The van der Waals surface area contributed by atoms with E-state index in [4.69, 9.17) is 16.3 Å². The number of nitrogens with zero attached hydrogens (tertiary/aromatic N) is 1. The van der Waals surface area contributed by atoms with Crippen LogP contribution in [-0.2, 0) is 20.8 Å². The summed E-state index contributed by atoms with van der Waals surface area (Å²) in [7, 11) is 0. The first-order chi connectivity index (χ1) is 12.9. The highest BCUT2D eigenvalue weighted by Crippen LogP contribution is 2.33. The Bertz CT molecular complexity index is 870. The molecule has 2 aromatic carbocycles. The van der Waals surface area contributed by atoms with E-state index in [9.17, 15) is 14.4 Å². The Kier molecular flexibility index (Phi) is 5.61. The van der Waals surface area contributed by atoms with Crippen LogP contribution in [0, 0.1) is 0 Å². The quantitative estimate of drug-likeness (QED) is 0.784. The monoisotopic (exact) mass is 387 g/mol. The highest BCUT2D eigenvalue weighted by atomic mass is 35.5. The molecule has 0 saturated carbocycles. The third-order valence-electron chi connectivity index (χ3n) is 3.99. The van der Waals surface area contributed by atoms with Crippen LogP contribution >= 0.6 is 11.6 Å². The molecule has 1 aliphatic heterocycles. The van der Waals surface area contributed by atoms with E-state index in [1.807, 2.05) is 0 Å². The third kappa shape index (κ3) is 4.57. The second-order valence-electron chi connectivity index (χ2n) is 6.05. The number of benzene rings is 2. The fourth-order valence-electron chi connectivity index (χ4n) is 2.68. The molecule has 0 saturated heterocycles. The molecule has 3 amide bonds. The molecule has 27 heavy (non-hydrogen) atoms. The number of fused-ring (bicyclic) bond motifs is 1. The van der Waals surface area contributed by atoms with Gasteiger partial charge in [0.2, 0.25) is 5.91 Å². The van der Waals surface area contributed by atoms with Crippen LogP contribution in [-0.4, -0.2) is 30.4 Å².